The number of Topliss-reactive ketones (excluding diaryl/α,β-unsaturated/α-hetero) is 1. The van der Waals surface area contributed by atoms with Crippen LogP contribution in [0.1, 0.15) is 52.4 Å². The SMILES string of the molecule is CCCCC(Cl)C(=O)C(Cl)CCCC. The summed E-state index contributed by atoms with van der Waals surface area (Å²) < 4.78 is 0. The Morgan fingerprint density at radius 3 is 1.64 bits per heavy atom. The predicted molar refractivity (Wildman–Crippen MR) is 63.3 cm³/mol. The van der Waals surface area contributed by atoms with Gasteiger partial charge in [0.2, 0.25) is 0 Å². The Morgan fingerprint density at radius 2 is 1.36 bits per heavy atom. The molecule has 0 aromatic heterocycles. The van der Waals surface area contributed by atoms with Crippen LogP contribution in [0.4, 0.5) is 0 Å². The maximum Gasteiger partial charge on any atom is 0.168 e. The molecule has 0 rings (SSSR count). The van der Waals surface area contributed by atoms with Crippen molar-refractivity contribution in [3.63, 3.8) is 0 Å². The molecule has 0 saturated carbocycles. The van der Waals surface area contributed by atoms with Crippen LogP contribution in [-0.2, 0) is 4.79 Å². The fraction of sp³-hybridized carbons (Fsp3) is 0.909. The number of halogens is 2. The van der Waals surface area contributed by atoms with Crippen LogP contribution in [0.3, 0.4) is 0 Å². The van der Waals surface area contributed by atoms with Crippen molar-refractivity contribution in [2.24, 2.45) is 0 Å². The molecule has 3 heteroatoms. The third-order valence-electron chi connectivity index (χ3n) is 2.24. The Bertz CT molecular complexity index is 143. The van der Waals surface area contributed by atoms with E-state index in [1.54, 1.807) is 0 Å². The molecule has 84 valence electrons. The summed E-state index contributed by atoms with van der Waals surface area (Å²) in [6.07, 6.45) is 5.64. The van der Waals surface area contributed by atoms with E-state index < -0.39 is 0 Å². The summed E-state index contributed by atoms with van der Waals surface area (Å²) in [7, 11) is 0. The van der Waals surface area contributed by atoms with Crippen molar-refractivity contribution in [3.05, 3.63) is 0 Å². The highest BCUT2D eigenvalue weighted by Crippen LogP contribution is 2.17. The third-order valence-corrected chi connectivity index (χ3v) is 3.11. The van der Waals surface area contributed by atoms with Gasteiger partial charge in [-0.25, -0.2) is 0 Å². The van der Waals surface area contributed by atoms with Gasteiger partial charge in [0.25, 0.3) is 0 Å². The van der Waals surface area contributed by atoms with Crippen LogP contribution in [0.25, 0.3) is 0 Å². The van der Waals surface area contributed by atoms with E-state index in [1.807, 2.05) is 0 Å². The highest BCUT2D eigenvalue weighted by Gasteiger charge is 2.22. The summed E-state index contributed by atoms with van der Waals surface area (Å²) in [6.45, 7) is 4.17. The van der Waals surface area contributed by atoms with Crippen LogP contribution in [-0.4, -0.2) is 16.5 Å². The Morgan fingerprint density at radius 1 is 1.00 bits per heavy atom. The molecule has 0 aromatic carbocycles. The second-order valence-electron chi connectivity index (χ2n) is 3.62. The molecule has 0 amide bonds. The lowest BCUT2D eigenvalue weighted by Crippen LogP contribution is -2.24. The van der Waals surface area contributed by atoms with Gasteiger partial charge in [0.15, 0.2) is 5.78 Å². The van der Waals surface area contributed by atoms with Crippen molar-refractivity contribution in [2.75, 3.05) is 0 Å². The molecule has 2 unspecified atom stereocenters. The lowest BCUT2D eigenvalue weighted by molar-refractivity contribution is -0.118. The first kappa shape index (κ1) is 14.2. The molecule has 0 saturated heterocycles. The molecule has 0 heterocycles. The maximum atomic E-state index is 11.6. The Balaban J connectivity index is 3.78. The van der Waals surface area contributed by atoms with Crippen LogP contribution >= 0.6 is 23.2 Å². The van der Waals surface area contributed by atoms with E-state index in [-0.39, 0.29) is 16.5 Å². The molecular formula is C11H20Cl2O. The number of hydrogen-bond acceptors (Lipinski definition) is 1. The number of alkyl halides is 2. The van der Waals surface area contributed by atoms with E-state index in [4.69, 9.17) is 23.2 Å². The van der Waals surface area contributed by atoms with Crippen molar-refractivity contribution in [1.29, 1.82) is 0 Å². The zero-order chi connectivity index (χ0) is 11.0. The molecule has 0 N–H and O–H groups in total. The van der Waals surface area contributed by atoms with Crippen molar-refractivity contribution >= 4 is 29.0 Å². The molecular weight excluding hydrogens is 219 g/mol. The zero-order valence-electron chi connectivity index (χ0n) is 9.06. The normalized spacial score (nSPS) is 15.1. The van der Waals surface area contributed by atoms with Crippen LogP contribution in [0.2, 0.25) is 0 Å². The topological polar surface area (TPSA) is 17.1 Å². The summed E-state index contributed by atoms with van der Waals surface area (Å²) in [5.74, 6) is 0.00948. The quantitative estimate of drug-likeness (QED) is 0.581. The molecule has 0 aliphatic carbocycles. The van der Waals surface area contributed by atoms with E-state index in [0.717, 1.165) is 38.5 Å². The summed E-state index contributed by atoms with van der Waals surface area (Å²) in [5, 5.41) is -0.761. The second-order valence-corrected chi connectivity index (χ2v) is 4.68. The molecule has 1 nitrogen and oxygen atoms in total. The van der Waals surface area contributed by atoms with Crippen molar-refractivity contribution in [1.82, 2.24) is 0 Å². The van der Waals surface area contributed by atoms with Gasteiger partial charge in [-0.05, 0) is 12.8 Å². The van der Waals surface area contributed by atoms with Crippen LogP contribution in [0.15, 0.2) is 0 Å². The summed E-state index contributed by atoms with van der Waals surface area (Å²) in [4.78, 5) is 11.6. The van der Waals surface area contributed by atoms with E-state index in [9.17, 15) is 4.79 Å². The van der Waals surface area contributed by atoms with Crippen LogP contribution < -0.4 is 0 Å². The maximum absolute atomic E-state index is 11.6. The first-order valence-corrected chi connectivity index (χ1v) is 6.32. The van der Waals surface area contributed by atoms with Crippen molar-refractivity contribution < 1.29 is 4.79 Å². The van der Waals surface area contributed by atoms with Crippen molar-refractivity contribution in [2.45, 2.75) is 63.1 Å². The summed E-state index contributed by atoms with van der Waals surface area (Å²) in [6, 6.07) is 0. The van der Waals surface area contributed by atoms with Crippen LogP contribution in [0.5, 0.6) is 0 Å². The minimum Gasteiger partial charge on any atom is -0.296 e. The third kappa shape index (κ3) is 5.87. The lowest BCUT2D eigenvalue weighted by Gasteiger charge is -2.12. The number of hydrogen-bond donors (Lipinski definition) is 0. The first-order valence-electron chi connectivity index (χ1n) is 5.45. The van der Waals surface area contributed by atoms with Gasteiger partial charge in [0.1, 0.15) is 0 Å². The molecule has 14 heavy (non-hydrogen) atoms. The molecule has 0 spiro atoms. The monoisotopic (exact) mass is 238 g/mol. The Hall–Kier alpha value is 0.250. The smallest absolute Gasteiger partial charge is 0.168 e. The molecule has 0 radical (unpaired) electrons. The number of ketones is 1. The van der Waals surface area contributed by atoms with Gasteiger partial charge in [0, 0.05) is 0 Å². The number of rotatable bonds is 8. The van der Waals surface area contributed by atoms with E-state index in [0.29, 0.717) is 0 Å². The molecule has 0 fully saturated rings. The van der Waals surface area contributed by atoms with Gasteiger partial charge < -0.3 is 0 Å². The van der Waals surface area contributed by atoms with Gasteiger partial charge in [0.05, 0.1) is 10.8 Å². The molecule has 0 bridgehead atoms. The molecule has 0 aromatic rings. The number of carbonyl (C=O) groups excluding carboxylic acids is 1. The molecule has 0 aliphatic heterocycles. The van der Waals surface area contributed by atoms with Gasteiger partial charge in [-0.15, -0.1) is 23.2 Å². The average molecular weight is 239 g/mol. The standard InChI is InChI=1S/C11H20Cl2O/c1-3-5-7-9(12)11(14)10(13)8-6-4-2/h9-10H,3-8H2,1-2H3. The Labute approximate surface area is 97.2 Å². The van der Waals surface area contributed by atoms with E-state index in [1.165, 1.54) is 0 Å². The highest BCUT2D eigenvalue weighted by atomic mass is 35.5. The van der Waals surface area contributed by atoms with E-state index in [2.05, 4.69) is 13.8 Å². The lowest BCUT2D eigenvalue weighted by atomic mass is 10.1. The highest BCUT2D eigenvalue weighted by molar-refractivity contribution is 6.40. The molecule has 0 aliphatic rings. The fourth-order valence-electron chi connectivity index (χ4n) is 1.25. The summed E-state index contributed by atoms with van der Waals surface area (Å²) >= 11 is 11.9. The minimum absolute atomic E-state index is 0.00948. The van der Waals surface area contributed by atoms with Crippen LogP contribution in [0, 0.1) is 0 Å². The van der Waals surface area contributed by atoms with Gasteiger partial charge in [-0.1, -0.05) is 39.5 Å². The zero-order valence-corrected chi connectivity index (χ0v) is 10.6. The van der Waals surface area contributed by atoms with Gasteiger partial charge in [-0.2, -0.15) is 0 Å². The first-order chi connectivity index (χ1) is 6.63. The van der Waals surface area contributed by atoms with Gasteiger partial charge in [-0.3, -0.25) is 4.79 Å². The number of unbranched alkanes of at least 4 members (excludes halogenated alkanes) is 2. The second kappa shape index (κ2) is 8.55. The van der Waals surface area contributed by atoms with E-state index >= 15 is 0 Å². The minimum atomic E-state index is -0.380. The fourth-order valence-corrected chi connectivity index (χ4v) is 1.92. The largest absolute Gasteiger partial charge is 0.296 e. The average Bonchev–Trinajstić information content (AvgIpc) is 2.21. The molecule has 2 atom stereocenters. The number of carbonyl (C=O) groups is 1. The van der Waals surface area contributed by atoms with Crippen molar-refractivity contribution in [3.8, 4) is 0 Å². The van der Waals surface area contributed by atoms with Gasteiger partial charge >= 0.3 is 0 Å². The predicted octanol–water partition coefficient (Wildman–Crippen LogP) is 4.15. The summed E-state index contributed by atoms with van der Waals surface area (Å²) in [5.41, 5.74) is 0. The Kier molecular flexibility index (Phi) is 8.70.